The number of carbonyl (C=O) groups excluding carboxylic acids is 1. The van der Waals surface area contributed by atoms with Crippen LogP contribution >= 0.6 is 0 Å². The highest BCUT2D eigenvalue weighted by Gasteiger charge is 2.20. The van der Waals surface area contributed by atoms with Crippen molar-refractivity contribution in [2.75, 3.05) is 44.0 Å². The maximum atomic E-state index is 11.7. The molecule has 1 fully saturated rings. The number of phenols is 1. The molecule has 0 radical (unpaired) electrons. The fourth-order valence-corrected chi connectivity index (χ4v) is 3.02. The van der Waals surface area contributed by atoms with E-state index in [2.05, 4.69) is 24.7 Å². The SMILES string of the molecule is COC(=O)c1ccc(-c2cnc3nc(N)nc(N4CCOCC4)c3n2)cc1O. The summed E-state index contributed by atoms with van der Waals surface area (Å²) < 4.78 is 10.0. The first-order valence-electron chi connectivity index (χ1n) is 8.61. The molecule has 1 aliphatic rings. The number of morpholine rings is 1. The number of fused-ring (bicyclic) bond motifs is 1. The summed E-state index contributed by atoms with van der Waals surface area (Å²) in [6, 6.07) is 4.58. The summed E-state index contributed by atoms with van der Waals surface area (Å²) in [5, 5.41) is 10.1. The van der Waals surface area contributed by atoms with Gasteiger partial charge in [-0.15, -0.1) is 0 Å². The molecule has 0 bridgehead atoms. The van der Waals surface area contributed by atoms with E-state index in [9.17, 15) is 9.90 Å². The zero-order valence-electron chi connectivity index (χ0n) is 15.1. The highest BCUT2D eigenvalue weighted by molar-refractivity contribution is 5.93. The number of hydrogen-bond acceptors (Lipinski definition) is 10. The van der Waals surface area contributed by atoms with Crippen molar-refractivity contribution >= 4 is 28.9 Å². The predicted octanol–water partition coefficient (Wildman–Crippen LogP) is 0.998. The van der Waals surface area contributed by atoms with Crippen LogP contribution in [-0.2, 0) is 9.47 Å². The quantitative estimate of drug-likeness (QED) is 0.631. The highest BCUT2D eigenvalue weighted by Crippen LogP contribution is 2.29. The molecule has 10 heteroatoms. The summed E-state index contributed by atoms with van der Waals surface area (Å²) in [7, 11) is 1.25. The highest BCUT2D eigenvalue weighted by atomic mass is 16.5. The number of anilines is 2. The number of hydrogen-bond donors (Lipinski definition) is 2. The molecule has 0 saturated carbocycles. The summed E-state index contributed by atoms with van der Waals surface area (Å²) in [4.78, 5) is 31.2. The molecule has 4 rings (SSSR count). The second kappa shape index (κ2) is 7.24. The van der Waals surface area contributed by atoms with Gasteiger partial charge in [-0.1, -0.05) is 6.07 Å². The van der Waals surface area contributed by atoms with Gasteiger partial charge in [-0.05, 0) is 12.1 Å². The summed E-state index contributed by atoms with van der Waals surface area (Å²) in [6.07, 6.45) is 1.53. The van der Waals surface area contributed by atoms with E-state index in [1.54, 1.807) is 6.07 Å². The number of aromatic nitrogens is 4. The largest absolute Gasteiger partial charge is 0.507 e. The molecule has 10 nitrogen and oxygen atoms in total. The average molecular weight is 382 g/mol. The first-order chi connectivity index (χ1) is 13.6. The molecule has 1 aliphatic heterocycles. The molecule has 0 unspecified atom stereocenters. The Hall–Kier alpha value is -3.53. The molecule has 0 atom stereocenters. The molecule has 0 aliphatic carbocycles. The topological polar surface area (TPSA) is 137 Å². The predicted molar refractivity (Wildman–Crippen MR) is 101 cm³/mol. The normalized spacial score (nSPS) is 14.2. The molecule has 2 aromatic heterocycles. The monoisotopic (exact) mass is 382 g/mol. The number of nitrogens with zero attached hydrogens (tertiary/aromatic N) is 5. The van der Waals surface area contributed by atoms with E-state index in [0.29, 0.717) is 54.5 Å². The molecule has 1 saturated heterocycles. The Bertz CT molecular complexity index is 1050. The van der Waals surface area contributed by atoms with E-state index < -0.39 is 5.97 Å². The maximum Gasteiger partial charge on any atom is 0.341 e. The van der Waals surface area contributed by atoms with Crippen LogP contribution in [0.25, 0.3) is 22.4 Å². The van der Waals surface area contributed by atoms with Crippen LogP contribution in [0, 0.1) is 0 Å². The van der Waals surface area contributed by atoms with Crippen LogP contribution in [0.2, 0.25) is 0 Å². The standard InChI is InChI=1S/C18H18N6O4/c1-27-17(26)11-3-2-10(8-13(11)25)12-9-20-15-14(21-12)16(23-18(19)22-15)24-4-6-28-7-5-24/h2-3,8-9,25H,4-7H2,1H3,(H2,19,20,22,23). The van der Waals surface area contributed by atoms with Crippen molar-refractivity contribution in [1.82, 2.24) is 19.9 Å². The van der Waals surface area contributed by atoms with Crippen LogP contribution in [0.15, 0.2) is 24.4 Å². The number of benzene rings is 1. The Morgan fingerprint density at radius 2 is 2.04 bits per heavy atom. The van der Waals surface area contributed by atoms with Gasteiger partial charge in [-0.3, -0.25) is 0 Å². The molecule has 28 heavy (non-hydrogen) atoms. The van der Waals surface area contributed by atoms with Crippen molar-refractivity contribution in [3.05, 3.63) is 30.0 Å². The zero-order valence-corrected chi connectivity index (χ0v) is 15.1. The number of ether oxygens (including phenoxy) is 2. The number of aromatic hydroxyl groups is 1. The summed E-state index contributed by atoms with van der Waals surface area (Å²) >= 11 is 0. The van der Waals surface area contributed by atoms with Crippen LogP contribution in [0.1, 0.15) is 10.4 Å². The number of esters is 1. The number of nitrogens with two attached hydrogens (primary N) is 1. The van der Waals surface area contributed by atoms with Crippen molar-refractivity contribution in [3.63, 3.8) is 0 Å². The minimum absolute atomic E-state index is 0.0742. The lowest BCUT2D eigenvalue weighted by molar-refractivity contribution is 0.0597. The lowest BCUT2D eigenvalue weighted by Gasteiger charge is -2.28. The third kappa shape index (κ3) is 3.25. The van der Waals surface area contributed by atoms with E-state index in [0.717, 1.165) is 0 Å². The van der Waals surface area contributed by atoms with E-state index in [1.165, 1.54) is 25.4 Å². The Balaban J connectivity index is 1.80. The van der Waals surface area contributed by atoms with Gasteiger partial charge in [0.1, 0.15) is 11.3 Å². The molecule has 0 spiro atoms. The van der Waals surface area contributed by atoms with Crippen molar-refractivity contribution in [1.29, 1.82) is 0 Å². The number of phenolic OH excluding ortho intramolecular Hbond substituents is 1. The van der Waals surface area contributed by atoms with Crippen LogP contribution in [0.5, 0.6) is 5.75 Å². The fourth-order valence-electron chi connectivity index (χ4n) is 3.02. The van der Waals surface area contributed by atoms with Gasteiger partial charge in [0.25, 0.3) is 0 Å². The van der Waals surface area contributed by atoms with E-state index in [-0.39, 0.29) is 17.3 Å². The van der Waals surface area contributed by atoms with Crippen molar-refractivity contribution in [2.45, 2.75) is 0 Å². The minimum atomic E-state index is -0.618. The van der Waals surface area contributed by atoms with Gasteiger partial charge in [0.2, 0.25) is 5.95 Å². The van der Waals surface area contributed by atoms with E-state index in [1.807, 2.05) is 4.90 Å². The molecular weight excluding hydrogens is 364 g/mol. The lowest BCUT2D eigenvalue weighted by Crippen LogP contribution is -2.37. The minimum Gasteiger partial charge on any atom is -0.507 e. The van der Waals surface area contributed by atoms with E-state index >= 15 is 0 Å². The van der Waals surface area contributed by atoms with Crippen molar-refractivity contribution in [3.8, 4) is 17.0 Å². The number of nitrogen functional groups attached to an aromatic ring is 1. The first kappa shape index (κ1) is 17.9. The van der Waals surface area contributed by atoms with Crippen LogP contribution in [-0.4, -0.2) is 64.4 Å². The van der Waals surface area contributed by atoms with Gasteiger partial charge in [-0.2, -0.15) is 9.97 Å². The summed E-state index contributed by atoms with van der Waals surface area (Å²) in [5.74, 6) is -0.105. The van der Waals surface area contributed by atoms with Gasteiger partial charge in [0.05, 0.1) is 32.2 Å². The Morgan fingerprint density at radius 1 is 1.25 bits per heavy atom. The average Bonchev–Trinajstić information content (AvgIpc) is 2.73. The number of methoxy groups -OCH3 is 1. The molecule has 3 N–H and O–H groups in total. The zero-order chi connectivity index (χ0) is 19.7. The second-order valence-electron chi connectivity index (χ2n) is 6.16. The van der Waals surface area contributed by atoms with Gasteiger partial charge in [0.15, 0.2) is 17.0 Å². The lowest BCUT2D eigenvalue weighted by atomic mass is 10.1. The maximum absolute atomic E-state index is 11.7. The van der Waals surface area contributed by atoms with Crippen LogP contribution in [0.4, 0.5) is 11.8 Å². The van der Waals surface area contributed by atoms with E-state index in [4.69, 9.17) is 10.5 Å². The molecule has 144 valence electrons. The Morgan fingerprint density at radius 3 is 2.75 bits per heavy atom. The van der Waals surface area contributed by atoms with Gasteiger partial charge in [-0.25, -0.2) is 14.8 Å². The number of rotatable bonds is 3. The van der Waals surface area contributed by atoms with Crippen LogP contribution < -0.4 is 10.6 Å². The smallest absolute Gasteiger partial charge is 0.341 e. The first-order valence-corrected chi connectivity index (χ1v) is 8.61. The molecule has 3 heterocycles. The third-order valence-corrected chi connectivity index (χ3v) is 4.42. The fraction of sp³-hybridized carbons (Fsp3) is 0.278. The third-order valence-electron chi connectivity index (χ3n) is 4.42. The second-order valence-corrected chi connectivity index (χ2v) is 6.16. The van der Waals surface area contributed by atoms with Crippen molar-refractivity contribution in [2.24, 2.45) is 0 Å². The summed E-state index contributed by atoms with van der Waals surface area (Å²) in [6.45, 7) is 2.49. The van der Waals surface area contributed by atoms with Crippen molar-refractivity contribution < 1.29 is 19.4 Å². The Kier molecular flexibility index (Phi) is 4.62. The Labute approximate surface area is 160 Å². The molecule has 0 amide bonds. The van der Waals surface area contributed by atoms with Gasteiger partial charge >= 0.3 is 5.97 Å². The van der Waals surface area contributed by atoms with Gasteiger partial charge in [0, 0.05) is 18.7 Å². The van der Waals surface area contributed by atoms with Crippen LogP contribution in [0.3, 0.4) is 0 Å². The van der Waals surface area contributed by atoms with Gasteiger partial charge < -0.3 is 25.2 Å². The number of carbonyl (C=O) groups is 1. The molecule has 1 aromatic carbocycles. The summed E-state index contributed by atoms with van der Waals surface area (Å²) in [5.41, 5.74) is 7.88. The molecular formula is C18H18N6O4. The molecule has 3 aromatic rings.